The molecule has 1 rings (SSSR count). The molecule has 1 aromatic carbocycles. The summed E-state index contributed by atoms with van der Waals surface area (Å²) in [6, 6.07) is 3.87. The van der Waals surface area contributed by atoms with E-state index in [2.05, 4.69) is 0 Å². The summed E-state index contributed by atoms with van der Waals surface area (Å²) < 4.78 is 0. The van der Waals surface area contributed by atoms with E-state index in [0.717, 1.165) is 11.8 Å². The van der Waals surface area contributed by atoms with Gasteiger partial charge >= 0.3 is 5.97 Å². The van der Waals surface area contributed by atoms with Crippen LogP contribution in [0.1, 0.15) is 10.4 Å². The van der Waals surface area contributed by atoms with Crippen molar-refractivity contribution in [3.8, 4) is 0 Å². The predicted octanol–water partition coefficient (Wildman–Crippen LogP) is 1.38. The maximum Gasteiger partial charge on any atom is 0.337 e. The van der Waals surface area contributed by atoms with Crippen LogP contribution in [-0.2, 0) is 0 Å². The monoisotopic (exact) mass is 243 g/mol. The lowest BCUT2D eigenvalue weighted by Gasteiger charge is -2.05. The molecule has 86 valence electrons. The summed E-state index contributed by atoms with van der Waals surface area (Å²) in [5.41, 5.74) is -0.369. The summed E-state index contributed by atoms with van der Waals surface area (Å²) >= 11 is 0.958. The van der Waals surface area contributed by atoms with Crippen LogP contribution in [0.5, 0.6) is 0 Å². The van der Waals surface area contributed by atoms with Crippen molar-refractivity contribution < 1.29 is 19.9 Å². The van der Waals surface area contributed by atoms with E-state index in [0.29, 0.717) is 0 Å². The third-order valence-electron chi connectivity index (χ3n) is 1.76. The van der Waals surface area contributed by atoms with Gasteiger partial charge in [0.05, 0.1) is 22.0 Å². The number of aliphatic hydroxyl groups is 1. The molecule has 16 heavy (non-hydrogen) atoms. The van der Waals surface area contributed by atoms with Crippen molar-refractivity contribution in [1.82, 2.24) is 0 Å². The number of aromatic carboxylic acids is 1. The van der Waals surface area contributed by atoms with Crippen molar-refractivity contribution in [1.29, 1.82) is 0 Å². The zero-order valence-corrected chi connectivity index (χ0v) is 8.94. The molecular formula is C9H9NO5S. The number of hydrogen-bond acceptors (Lipinski definition) is 5. The second kappa shape index (κ2) is 5.47. The zero-order valence-electron chi connectivity index (χ0n) is 8.12. The maximum absolute atomic E-state index is 10.9. The summed E-state index contributed by atoms with van der Waals surface area (Å²) in [5, 5.41) is 28.2. The lowest BCUT2D eigenvalue weighted by molar-refractivity contribution is -0.387. The molecule has 1 aromatic rings. The minimum absolute atomic E-state index is 0.0778. The van der Waals surface area contributed by atoms with E-state index in [1.807, 2.05) is 0 Å². The van der Waals surface area contributed by atoms with Gasteiger partial charge in [-0.15, -0.1) is 11.8 Å². The fourth-order valence-corrected chi connectivity index (χ4v) is 2.03. The summed E-state index contributed by atoms with van der Waals surface area (Å²) in [5.74, 6) is -1.00. The van der Waals surface area contributed by atoms with Crippen LogP contribution >= 0.6 is 11.8 Å². The first-order valence-corrected chi connectivity index (χ1v) is 5.31. The Kier molecular flexibility index (Phi) is 4.27. The van der Waals surface area contributed by atoms with Gasteiger partial charge in [0, 0.05) is 11.8 Å². The Balaban J connectivity index is 3.23. The van der Waals surface area contributed by atoms with Crippen LogP contribution in [-0.4, -0.2) is 33.5 Å². The first-order chi connectivity index (χ1) is 7.57. The van der Waals surface area contributed by atoms with Crippen LogP contribution in [0.25, 0.3) is 0 Å². The van der Waals surface area contributed by atoms with Crippen molar-refractivity contribution in [2.45, 2.75) is 4.90 Å². The van der Waals surface area contributed by atoms with E-state index in [1.165, 1.54) is 18.2 Å². The number of nitro benzene ring substituents is 1. The molecule has 7 heteroatoms. The average molecular weight is 243 g/mol. The second-order valence-electron chi connectivity index (χ2n) is 2.79. The fourth-order valence-electron chi connectivity index (χ4n) is 1.14. The number of hydrogen-bond donors (Lipinski definition) is 2. The van der Waals surface area contributed by atoms with Gasteiger partial charge < -0.3 is 10.2 Å². The highest BCUT2D eigenvalue weighted by atomic mass is 32.2. The molecule has 0 unspecified atom stereocenters. The van der Waals surface area contributed by atoms with Gasteiger partial charge in [-0.2, -0.15) is 0 Å². The summed E-state index contributed by atoms with van der Waals surface area (Å²) in [4.78, 5) is 21.0. The quantitative estimate of drug-likeness (QED) is 0.460. The van der Waals surface area contributed by atoms with E-state index in [4.69, 9.17) is 10.2 Å². The van der Waals surface area contributed by atoms with E-state index < -0.39 is 10.9 Å². The Labute approximate surface area is 95.1 Å². The minimum atomic E-state index is -1.22. The highest BCUT2D eigenvalue weighted by molar-refractivity contribution is 7.99. The van der Waals surface area contributed by atoms with Gasteiger partial charge in [0.25, 0.3) is 5.69 Å². The number of thioether (sulfide) groups is 1. The number of carboxylic acid groups (broad SMARTS) is 1. The number of benzene rings is 1. The molecule has 2 N–H and O–H groups in total. The number of rotatable bonds is 5. The summed E-state index contributed by atoms with van der Waals surface area (Å²) in [6.45, 7) is -0.171. The Hall–Kier alpha value is -1.60. The predicted molar refractivity (Wildman–Crippen MR) is 57.9 cm³/mol. The van der Waals surface area contributed by atoms with E-state index in [-0.39, 0.29) is 28.5 Å². The number of aliphatic hydroxyl groups excluding tert-OH is 1. The number of carboxylic acids is 1. The molecule has 0 spiro atoms. The maximum atomic E-state index is 10.9. The zero-order chi connectivity index (χ0) is 12.1. The van der Waals surface area contributed by atoms with E-state index in [1.54, 1.807) is 0 Å². The summed E-state index contributed by atoms with van der Waals surface area (Å²) in [6.07, 6.45) is 0. The molecule has 0 radical (unpaired) electrons. The van der Waals surface area contributed by atoms with Crippen LogP contribution < -0.4 is 0 Å². The van der Waals surface area contributed by atoms with Crippen molar-refractivity contribution in [3.05, 3.63) is 33.9 Å². The SMILES string of the molecule is O=C(O)c1cccc([N+](=O)[O-])c1SCCO. The van der Waals surface area contributed by atoms with Gasteiger partial charge in [0.2, 0.25) is 0 Å². The molecule has 6 nitrogen and oxygen atoms in total. The van der Waals surface area contributed by atoms with Crippen LogP contribution in [0.3, 0.4) is 0 Å². The fraction of sp³-hybridized carbons (Fsp3) is 0.222. The molecule has 0 aliphatic carbocycles. The highest BCUT2D eigenvalue weighted by Gasteiger charge is 2.21. The van der Waals surface area contributed by atoms with Crippen LogP contribution in [0.15, 0.2) is 23.1 Å². The minimum Gasteiger partial charge on any atom is -0.478 e. The second-order valence-corrected chi connectivity index (χ2v) is 3.89. The van der Waals surface area contributed by atoms with Crippen molar-refractivity contribution >= 4 is 23.4 Å². The van der Waals surface area contributed by atoms with Crippen molar-refractivity contribution in [2.75, 3.05) is 12.4 Å². The van der Waals surface area contributed by atoms with Gasteiger partial charge in [-0.1, -0.05) is 6.07 Å². The van der Waals surface area contributed by atoms with Crippen molar-refractivity contribution in [3.63, 3.8) is 0 Å². The molecule has 0 saturated carbocycles. The van der Waals surface area contributed by atoms with Gasteiger partial charge in [0.15, 0.2) is 0 Å². The topological polar surface area (TPSA) is 101 Å². The van der Waals surface area contributed by atoms with Crippen molar-refractivity contribution in [2.24, 2.45) is 0 Å². The molecule has 0 aromatic heterocycles. The van der Waals surface area contributed by atoms with Gasteiger partial charge in [-0.05, 0) is 6.07 Å². The first kappa shape index (κ1) is 12.5. The van der Waals surface area contributed by atoms with Crippen LogP contribution in [0.2, 0.25) is 0 Å². The van der Waals surface area contributed by atoms with Crippen LogP contribution in [0, 0.1) is 10.1 Å². The smallest absolute Gasteiger partial charge is 0.337 e. The third kappa shape index (κ3) is 2.71. The van der Waals surface area contributed by atoms with Crippen LogP contribution in [0.4, 0.5) is 5.69 Å². The standard InChI is InChI=1S/C9H9NO5S/c11-4-5-16-8-6(9(12)13)2-1-3-7(8)10(14)15/h1-3,11H,4-5H2,(H,12,13). The Bertz CT molecular complexity index is 388. The molecule has 0 bridgehead atoms. The Morgan fingerprint density at radius 1 is 1.50 bits per heavy atom. The molecular weight excluding hydrogens is 234 g/mol. The molecule has 0 aliphatic heterocycles. The van der Waals surface area contributed by atoms with E-state index >= 15 is 0 Å². The molecule has 0 heterocycles. The molecule has 0 amide bonds. The van der Waals surface area contributed by atoms with Gasteiger partial charge in [-0.25, -0.2) is 4.79 Å². The number of nitro groups is 1. The lowest BCUT2D eigenvalue weighted by Crippen LogP contribution is -2.03. The third-order valence-corrected chi connectivity index (χ3v) is 2.86. The highest BCUT2D eigenvalue weighted by Crippen LogP contribution is 2.32. The lowest BCUT2D eigenvalue weighted by atomic mass is 10.2. The first-order valence-electron chi connectivity index (χ1n) is 4.32. The molecule has 0 aliphatic rings. The Morgan fingerprint density at radius 2 is 2.19 bits per heavy atom. The van der Waals surface area contributed by atoms with Gasteiger partial charge in [-0.3, -0.25) is 10.1 Å². The number of carbonyl (C=O) groups is 1. The summed E-state index contributed by atoms with van der Waals surface area (Å²) in [7, 11) is 0. The molecule has 0 fully saturated rings. The average Bonchev–Trinajstić information content (AvgIpc) is 2.25. The molecule has 0 saturated heterocycles. The van der Waals surface area contributed by atoms with E-state index in [9.17, 15) is 14.9 Å². The largest absolute Gasteiger partial charge is 0.478 e. The van der Waals surface area contributed by atoms with Gasteiger partial charge in [0.1, 0.15) is 0 Å². The Morgan fingerprint density at radius 3 is 2.69 bits per heavy atom. The normalized spacial score (nSPS) is 10.1. The number of nitrogens with zero attached hydrogens (tertiary/aromatic N) is 1. The molecule has 0 atom stereocenters.